The van der Waals surface area contributed by atoms with Crippen LogP contribution in [0.25, 0.3) is 0 Å². The van der Waals surface area contributed by atoms with E-state index in [9.17, 15) is 9.59 Å². The average molecular weight is 445 g/mol. The lowest BCUT2D eigenvalue weighted by Gasteiger charge is -2.32. The van der Waals surface area contributed by atoms with Crippen LogP contribution >= 0.6 is 0 Å². The predicted octanol–water partition coefficient (Wildman–Crippen LogP) is 4.26. The van der Waals surface area contributed by atoms with Crippen molar-refractivity contribution in [2.75, 3.05) is 25.0 Å². The number of piperidine rings is 1. The number of aromatic nitrogens is 1. The number of carbonyl (C=O) groups excluding carboxylic acids is 2. The van der Waals surface area contributed by atoms with Crippen LogP contribution < -0.4 is 15.4 Å². The van der Waals surface area contributed by atoms with Crippen LogP contribution in [0.3, 0.4) is 0 Å². The van der Waals surface area contributed by atoms with Crippen molar-refractivity contribution in [3.05, 3.63) is 84.1 Å². The van der Waals surface area contributed by atoms with Crippen molar-refractivity contribution in [2.24, 2.45) is 0 Å². The Hall–Kier alpha value is -3.87. The van der Waals surface area contributed by atoms with Gasteiger partial charge in [0, 0.05) is 36.6 Å². The summed E-state index contributed by atoms with van der Waals surface area (Å²) in [6, 6.07) is 20.3. The number of likely N-dealkylation sites (tertiary alicyclic amines) is 1. The summed E-state index contributed by atoms with van der Waals surface area (Å²) in [5, 5.41) is 6.33. The summed E-state index contributed by atoms with van der Waals surface area (Å²) >= 11 is 0. The van der Waals surface area contributed by atoms with Gasteiger partial charge in [-0.15, -0.1) is 0 Å². The molecule has 0 spiro atoms. The third kappa shape index (κ3) is 5.68. The predicted molar refractivity (Wildman–Crippen MR) is 128 cm³/mol. The van der Waals surface area contributed by atoms with E-state index in [1.165, 1.54) is 0 Å². The zero-order chi connectivity index (χ0) is 23.0. The van der Waals surface area contributed by atoms with E-state index in [-0.39, 0.29) is 17.9 Å². The number of nitrogens with one attached hydrogen (secondary N) is 2. The van der Waals surface area contributed by atoms with Crippen LogP contribution in [0.4, 0.5) is 11.5 Å². The van der Waals surface area contributed by atoms with E-state index in [0.29, 0.717) is 49.5 Å². The lowest BCUT2D eigenvalue weighted by molar-refractivity contribution is 0.0698. The average Bonchev–Trinajstić information content (AvgIpc) is 2.86. The van der Waals surface area contributed by atoms with Crippen molar-refractivity contribution in [3.63, 3.8) is 0 Å². The maximum Gasteiger partial charge on any atom is 0.255 e. The van der Waals surface area contributed by atoms with E-state index < -0.39 is 0 Å². The molecule has 7 heteroatoms. The molecular weight excluding hydrogens is 416 g/mol. The fraction of sp³-hybridized carbons (Fsp3) is 0.269. The molecule has 1 aliphatic heterocycles. The molecule has 1 fully saturated rings. The van der Waals surface area contributed by atoms with E-state index in [4.69, 9.17) is 4.74 Å². The van der Waals surface area contributed by atoms with Gasteiger partial charge in [-0.25, -0.2) is 4.98 Å². The number of nitrogens with zero attached hydrogens (tertiary/aromatic N) is 2. The molecule has 2 amide bonds. The van der Waals surface area contributed by atoms with E-state index in [1.807, 2.05) is 66.4 Å². The summed E-state index contributed by atoms with van der Waals surface area (Å²) in [6.07, 6.45) is 3.08. The molecule has 4 rings (SSSR count). The Kier molecular flexibility index (Phi) is 7.19. The van der Waals surface area contributed by atoms with Gasteiger partial charge in [0.05, 0.1) is 12.2 Å². The Bertz CT molecular complexity index is 1080. The normalized spacial score (nSPS) is 13.9. The summed E-state index contributed by atoms with van der Waals surface area (Å²) in [6.45, 7) is 3.78. The molecule has 2 aromatic carbocycles. The number of hydrogen-bond donors (Lipinski definition) is 2. The van der Waals surface area contributed by atoms with Gasteiger partial charge in [0.2, 0.25) is 0 Å². The molecule has 0 saturated carbocycles. The van der Waals surface area contributed by atoms with Gasteiger partial charge in [0.25, 0.3) is 11.8 Å². The lowest BCUT2D eigenvalue weighted by atomic mass is 10.0. The Morgan fingerprint density at radius 3 is 2.42 bits per heavy atom. The van der Waals surface area contributed by atoms with E-state index in [2.05, 4.69) is 15.6 Å². The number of anilines is 2. The van der Waals surface area contributed by atoms with Gasteiger partial charge in [-0.1, -0.05) is 18.2 Å². The van der Waals surface area contributed by atoms with Crippen LogP contribution in [0, 0.1) is 0 Å². The first-order valence-corrected chi connectivity index (χ1v) is 11.2. The highest BCUT2D eigenvalue weighted by atomic mass is 16.5. The molecule has 0 unspecified atom stereocenters. The largest absolute Gasteiger partial charge is 0.494 e. The number of benzene rings is 2. The van der Waals surface area contributed by atoms with Crippen LogP contribution in [-0.4, -0.2) is 47.4 Å². The van der Waals surface area contributed by atoms with Gasteiger partial charge in [-0.05, 0) is 68.3 Å². The number of amides is 2. The molecule has 0 bridgehead atoms. The van der Waals surface area contributed by atoms with Gasteiger partial charge < -0.3 is 20.3 Å². The number of ether oxygens (including phenoxy) is 1. The fourth-order valence-electron chi connectivity index (χ4n) is 3.88. The zero-order valence-electron chi connectivity index (χ0n) is 18.7. The highest BCUT2D eigenvalue weighted by Gasteiger charge is 2.25. The molecule has 1 aliphatic rings. The fourth-order valence-corrected chi connectivity index (χ4v) is 3.88. The Balaban J connectivity index is 1.35. The quantitative estimate of drug-likeness (QED) is 0.569. The Morgan fingerprint density at radius 2 is 1.73 bits per heavy atom. The van der Waals surface area contributed by atoms with Crippen LogP contribution in [-0.2, 0) is 0 Å². The number of pyridine rings is 1. The minimum absolute atomic E-state index is 0.0101. The summed E-state index contributed by atoms with van der Waals surface area (Å²) in [4.78, 5) is 31.9. The summed E-state index contributed by atoms with van der Waals surface area (Å²) in [7, 11) is 0. The minimum atomic E-state index is -0.177. The van der Waals surface area contributed by atoms with Gasteiger partial charge in [0.15, 0.2) is 0 Å². The van der Waals surface area contributed by atoms with Crippen LogP contribution in [0.15, 0.2) is 72.9 Å². The molecule has 0 aliphatic carbocycles. The third-order valence-electron chi connectivity index (χ3n) is 5.62. The van der Waals surface area contributed by atoms with Gasteiger partial charge >= 0.3 is 0 Å². The first kappa shape index (κ1) is 22.3. The molecule has 7 nitrogen and oxygen atoms in total. The Morgan fingerprint density at radius 1 is 1.00 bits per heavy atom. The van der Waals surface area contributed by atoms with Gasteiger partial charge in [-0.3, -0.25) is 9.59 Å². The first-order chi connectivity index (χ1) is 16.1. The zero-order valence-corrected chi connectivity index (χ0v) is 18.7. The molecule has 2 N–H and O–H groups in total. The number of rotatable bonds is 7. The van der Waals surface area contributed by atoms with Crippen molar-refractivity contribution in [1.82, 2.24) is 15.2 Å². The first-order valence-electron chi connectivity index (χ1n) is 11.2. The maximum atomic E-state index is 13.0. The summed E-state index contributed by atoms with van der Waals surface area (Å²) in [5.41, 5.74) is 1.99. The number of hydrogen-bond acceptors (Lipinski definition) is 5. The Labute approximate surface area is 193 Å². The SMILES string of the molecule is CCOc1ccc(Nc2ncccc2C(=O)NC2CCN(C(=O)c3ccccc3)CC2)cc1. The smallest absolute Gasteiger partial charge is 0.255 e. The second-order valence-corrected chi connectivity index (χ2v) is 7.89. The molecular formula is C26H28N4O3. The van der Waals surface area contributed by atoms with Gasteiger partial charge in [-0.2, -0.15) is 0 Å². The molecule has 1 saturated heterocycles. The topological polar surface area (TPSA) is 83.6 Å². The molecule has 0 radical (unpaired) electrons. The standard InChI is InChI=1S/C26H28N4O3/c1-2-33-22-12-10-20(11-13-22)28-24-23(9-6-16-27-24)25(31)29-21-14-17-30(18-15-21)26(32)19-7-4-3-5-8-19/h3-13,16,21H,2,14-15,17-18H2,1H3,(H,27,28)(H,29,31). The molecule has 0 atom stereocenters. The highest BCUT2D eigenvalue weighted by Crippen LogP contribution is 2.22. The van der Waals surface area contributed by atoms with Crippen molar-refractivity contribution in [3.8, 4) is 5.75 Å². The van der Waals surface area contributed by atoms with Crippen molar-refractivity contribution >= 4 is 23.3 Å². The van der Waals surface area contributed by atoms with Crippen molar-refractivity contribution in [2.45, 2.75) is 25.8 Å². The second-order valence-electron chi connectivity index (χ2n) is 7.89. The minimum Gasteiger partial charge on any atom is -0.494 e. The van der Waals surface area contributed by atoms with Crippen LogP contribution in [0.1, 0.15) is 40.5 Å². The molecule has 170 valence electrons. The van der Waals surface area contributed by atoms with Crippen molar-refractivity contribution in [1.29, 1.82) is 0 Å². The summed E-state index contributed by atoms with van der Waals surface area (Å²) in [5.74, 6) is 1.15. The molecule has 33 heavy (non-hydrogen) atoms. The van der Waals surface area contributed by atoms with Gasteiger partial charge in [0.1, 0.15) is 11.6 Å². The summed E-state index contributed by atoms with van der Waals surface area (Å²) < 4.78 is 5.47. The van der Waals surface area contributed by atoms with Crippen LogP contribution in [0.2, 0.25) is 0 Å². The van der Waals surface area contributed by atoms with E-state index >= 15 is 0 Å². The number of carbonyl (C=O) groups is 2. The monoisotopic (exact) mass is 444 g/mol. The van der Waals surface area contributed by atoms with Crippen molar-refractivity contribution < 1.29 is 14.3 Å². The third-order valence-corrected chi connectivity index (χ3v) is 5.62. The molecule has 1 aromatic heterocycles. The van der Waals surface area contributed by atoms with E-state index in [1.54, 1.807) is 18.3 Å². The second kappa shape index (κ2) is 10.6. The van der Waals surface area contributed by atoms with Crippen LogP contribution in [0.5, 0.6) is 5.75 Å². The maximum absolute atomic E-state index is 13.0. The lowest BCUT2D eigenvalue weighted by Crippen LogP contribution is -2.46. The van der Waals surface area contributed by atoms with E-state index in [0.717, 1.165) is 11.4 Å². The highest BCUT2D eigenvalue weighted by molar-refractivity contribution is 5.99. The molecule has 2 heterocycles. The molecule has 3 aromatic rings.